The summed E-state index contributed by atoms with van der Waals surface area (Å²) in [7, 11) is 0. The number of nitrogens with one attached hydrogen (secondary N) is 2. The van der Waals surface area contributed by atoms with Crippen LogP contribution in [0.25, 0.3) is 0 Å². The molecule has 0 saturated carbocycles. The van der Waals surface area contributed by atoms with E-state index in [1.54, 1.807) is 24.5 Å². The number of carbonyl (C=O) groups is 4. The van der Waals surface area contributed by atoms with Gasteiger partial charge in [0.2, 0.25) is 0 Å². The molecule has 0 aromatic rings. The lowest BCUT2D eigenvalue weighted by Gasteiger charge is -2.00. The molecule has 16 heavy (non-hydrogen) atoms. The van der Waals surface area contributed by atoms with Gasteiger partial charge in [0, 0.05) is 0 Å². The van der Waals surface area contributed by atoms with Crippen molar-refractivity contribution in [3.05, 3.63) is 24.3 Å². The highest BCUT2D eigenvalue weighted by Crippen LogP contribution is 1.77. The van der Waals surface area contributed by atoms with Gasteiger partial charge >= 0.3 is 11.8 Å². The molecule has 0 aromatic carbocycles. The van der Waals surface area contributed by atoms with Crippen molar-refractivity contribution >= 4 is 23.6 Å². The van der Waals surface area contributed by atoms with Gasteiger partial charge in [-0.25, -0.2) is 0 Å². The van der Waals surface area contributed by atoms with E-state index >= 15 is 0 Å². The van der Waals surface area contributed by atoms with Gasteiger partial charge in [0.25, 0.3) is 11.8 Å². The van der Waals surface area contributed by atoms with Gasteiger partial charge in [0.15, 0.2) is 0 Å². The van der Waals surface area contributed by atoms with Gasteiger partial charge in [-0.1, -0.05) is 12.2 Å². The molecule has 0 aliphatic heterocycles. The molecule has 0 aliphatic rings. The second kappa shape index (κ2) is 7.10. The number of imide groups is 2. The van der Waals surface area contributed by atoms with E-state index in [0.717, 1.165) is 12.2 Å². The predicted octanol–water partition coefficient (Wildman–Crippen LogP) is -0.576. The third kappa shape index (κ3) is 5.48. The Bertz CT molecular complexity index is 333. The molecule has 86 valence electrons. The van der Waals surface area contributed by atoms with Crippen LogP contribution in [-0.2, 0) is 19.2 Å². The van der Waals surface area contributed by atoms with Crippen LogP contribution in [0.5, 0.6) is 0 Å². The van der Waals surface area contributed by atoms with E-state index in [4.69, 9.17) is 0 Å². The Hall–Kier alpha value is -2.24. The van der Waals surface area contributed by atoms with E-state index in [1.807, 2.05) is 0 Å². The molecule has 2 N–H and O–H groups in total. The SMILES string of the molecule is CC=CC(=O)NC(=O)C(=O)NC(=O)C=CC. The lowest BCUT2D eigenvalue weighted by Crippen LogP contribution is -2.43. The highest BCUT2D eigenvalue weighted by Gasteiger charge is 2.16. The first-order chi connectivity index (χ1) is 7.51. The molecule has 0 heterocycles. The van der Waals surface area contributed by atoms with Crippen LogP contribution in [0.15, 0.2) is 24.3 Å². The van der Waals surface area contributed by atoms with Crippen molar-refractivity contribution in [2.45, 2.75) is 13.8 Å². The molecular weight excluding hydrogens is 212 g/mol. The number of hydrogen-bond acceptors (Lipinski definition) is 4. The Morgan fingerprint density at radius 3 is 1.31 bits per heavy atom. The number of carbonyl (C=O) groups excluding carboxylic acids is 4. The van der Waals surface area contributed by atoms with Crippen LogP contribution in [0.1, 0.15) is 13.8 Å². The van der Waals surface area contributed by atoms with Crippen molar-refractivity contribution < 1.29 is 19.2 Å². The van der Waals surface area contributed by atoms with E-state index in [0.29, 0.717) is 0 Å². The summed E-state index contributed by atoms with van der Waals surface area (Å²) in [5.41, 5.74) is 0. The predicted molar refractivity (Wildman–Crippen MR) is 55.9 cm³/mol. The molecule has 0 aliphatic carbocycles. The highest BCUT2D eigenvalue weighted by molar-refractivity contribution is 6.40. The Morgan fingerprint density at radius 1 is 0.750 bits per heavy atom. The van der Waals surface area contributed by atoms with Crippen LogP contribution < -0.4 is 10.6 Å². The van der Waals surface area contributed by atoms with Gasteiger partial charge in [-0.15, -0.1) is 0 Å². The third-order valence-corrected chi connectivity index (χ3v) is 1.32. The first kappa shape index (κ1) is 13.8. The quantitative estimate of drug-likeness (QED) is 0.485. The molecule has 0 bridgehead atoms. The zero-order chi connectivity index (χ0) is 12.6. The van der Waals surface area contributed by atoms with Crippen molar-refractivity contribution in [1.29, 1.82) is 0 Å². The Morgan fingerprint density at radius 2 is 1.06 bits per heavy atom. The minimum absolute atomic E-state index is 0.721. The van der Waals surface area contributed by atoms with E-state index in [9.17, 15) is 19.2 Å². The van der Waals surface area contributed by atoms with Gasteiger partial charge in [0.1, 0.15) is 0 Å². The summed E-state index contributed by atoms with van der Waals surface area (Å²) in [6.45, 7) is 3.17. The van der Waals surface area contributed by atoms with Gasteiger partial charge in [-0.3, -0.25) is 29.8 Å². The zero-order valence-corrected chi connectivity index (χ0v) is 8.94. The molecule has 0 saturated heterocycles. The second-order valence-corrected chi connectivity index (χ2v) is 2.64. The first-order valence-electron chi connectivity index (χ1n) is 4.47. The van der Waals surface area contributed by atoms with Gasteiger partial charge in [-0.2, -0.15) is 0 Å². The molecule has 6 nitrogen and oxygen atoms in total. The lowest BCUT2D eigenvalue weighted by molar-refractivity contribution is -0.143. The van der Waals surface area contributed by atoms with E-state index < -0.39 is 23.6 Å². The minimum atomic E-state index is -1.18. The molecule has 0 fully saturated rings. The Labute approximate surface area is 92.4 Å². The van der Waals surface area contributed by atoms with Gasteiger partial charge in [-0.05, 0) is 26.0 Å². The van der Waals surface area contributed by atoms with Gasteiger partial charge in [0.05, 0.1) is 0 Å². The number of amides is 4. The van der Waals surface area contributed by atoms with Crippen molar-refractivity contribution in [1.82, 2.24) is 10.6 Å². The molecule has 6 heteroatoms. The first-order valence-corrected chi connectivity index (χ1v) is 4.47. The summed E-state index contributed by atoms with van der Waals surface area (Å²) in [6, 6.07) is 0. The largest absolute Gasteiger partial charge is 0.316 e. The van der Waals surface area contributed by atoms with Crippen molar-refractivity contribution in [3.63, 3.8) is 0 Å². The molecule has 0 atom stereocenters. The molecule has 0 rings (SSSR count). The van der Waals surface area contributed by atoms with Crippen molar-refractivity contribution in [2.75, 3.05) is 0 Å². The average Bonchev–Trinajstić information content (AvgIpc) is 2.17. The number of allylic oxidation sites excluding steroid dienone is 2. The Balaban J connectivity index is 4.25. The Kier molecular flexibility index (Phi) is 6.11. The van der Waals surface area contributed by atoms with Crippen LogP contribution in [0.4, 0.5) is 0 Å². The number of rotatable bonds is 2. The molecule has 0 unspecified atom stereocenters. The highest BCUT2D eigenvalue weighted by atomic mass is 16.2. The summed E-state index contributed by atoms with van der Waals surface area (Å²) in [5, 5.41) is 3.55. The normalized spacial score (nSPS) is 10.4. The minimum Gasteiger partial charge on any atom is -0.284 e. The standard InChI is InChI=1S/C10H12N2O4/c1-3-5-7(13)11-9(15)10(16)12-8(14)6-4-2/h3-6H,1-2H3,(H,11,13,15)(H,12,14,16). The maximum atomic E-state index is 11.0. The third-order valence-electron chi connectivity index (χ3n) is 1.32. The van der Waals surface area contributed by atoms with Crippen LogP contribution in [-0.4, -0.2) is 23.6 Å². The van der Waals surface area contributed by atoms with E-state index in [1.165, 1.54) is 12.2 Å². The van der Waals surface area contributed by atoms with Crippen LogP contribution >= 0.6 is 0 Å². The van der Waals surface area contributed by atoms with Gasteiger partial charge < -0.3 is 0 Å². The van der Waals surface area contributed by atoms with Crippen LogP contribution in [0.3, 0.4) is 0 Å². The summed E-state index contributed by atoms with van der Waals surface area (Å²) < 4.78 is 0. The smallest absolute Gasteiger partial charge is 0.284 e. The topological polar surface area (TPSA) is 92.3 Å². The molecule has 0 spiro atoms. The maximum absolute atomic E-state index is 11.0. The summed E-state index contributed by atoms with van der Waals surface area (Å²) >= 11 is 0. The van der Waals surface area contributed by atoms with E-state index in [-0.39, 0.29) is 0 Å². The van der Waals surface area contributed by atoms with Crippen LogP contribution in [0, 0.1) is 0 Å². The van der Waals surface area contributed by atoms with Crippen molar-refractivity contribution in [3.8, 4) is 0 Å². The second-order valence-electron chi connectivity index (χ2n) is 2.64. The van der Waals surface area contributed by atoms with E-state index in [2.05, 4.69) is 0 Å². The molecule has 4 amide bonds. The fourth-order valence-corrected chi connectivity index (χ4v) is 0.723. The fraction of sp³-hybridized carbons (Fsp3) is 0.200. The molecule has 0 aromatic heterocycles. The summed E-state index contributed by atoms with van der Waals surface area (Å²) in [4.78, 5) is 43.8. The fourth-order valence-electron chi connectivity index (χ4n) is 0.723. The summed E-state index contributed by atoms with van der Waals surface area (Å²) in [5.74, 6) is -3.80. The lowest BCUT2D eigenvalue weighted by atomic mass is 10.4. The summed E-state index contributed by atoms with van der Waals surface area (Å²) in [6.07, 6.45) is 4.98. The molecular formula is C10H12N2O4. The van der Waals surface area contributed by atoms with Crippen molar-refractivity contribution in [2.24, 2.45) is 0 Å². The van der Waals surface area contributed by atoms with Crippen LogP contribution in [0.2, 0.25) is 0 Å². The molecule has 0 radical (unpaired) electrons. The average molecular weight is 224 g/mol. The monoisotopic (exact) mass is 224 g/mol. The number of hydrogen-bond donors (Lipinski definition) is 2. The zero-order valence-electron chi connectivity index (χ0n) is 8.94. The maximum Gasteiger partial charge on any atom is 0.316 e.